The van der Waals surface area contributed by atoms with Crippen molar-refractivity contribution in [2.45, 2.75) is 25.8 Å². The average Bonchev–Trinajstić information content (AvgIpc) is 3.33. The van der Waals surface area contributed by atoms with Gasteiger partial charge in [-0.15, -0.1) is 24.0 Å². The van der Waals surface area contributed by atoms with Crippen LogP contribution in [0.15, 0.2) is 23.2 Å². The summed E-state index contributed by atoms with van der Waals surface area (Å²) < 4.78 is 36.2. The van der Waals surface area contributed by atoms with E-state index in [0.717, 1.165) is 49.2 Å². The van der Waals surface area contributed by atoms with Crippen LogP contribution in [0.5, 0.6) is 11.5 Å². The number of methoxy groups -OCH3 is 2. The minimum Gasteiger partial charge on any atom is -0.497 e. The van der Waals surface area contributed by atoms with Gasteiger partial charge in [-0.05, 0) is 19.8 Å². The van der Waals surface area contributed by atoms with E-state index in [1.54, 1.807) is 14.2 Å². The first-order valence-electron chi connectivity index (χ1n) is 10.5. The Hall–Kier alpha value is -1.47. The largest absolute Gasteiger partial charge is 0.497 e. The Morgan fingerprint density at radius 2 is 1.90 bits per heavy atom. The molecule has 1 unspecified atom stereocenters. The second-order valence-corrected chi connectivity index (χ2v) is 9.56. The van der Waals surface area contributed by atoms with Crippen LogP contribution in [0, 0.1) is 0 Å². The molecule has 0 aliphatic carbocycles. The first-order valence-corrected chi connectivity index (χ1v) is 12.1. The molecule has 2 aliphatic heterocycles. The van der Waals surface area contributed by atoms with Crippen LogP contribution in [0.2, 0.25) is 0 Å². The van der Waals surface area contributed by atoms with Crippen molar-refractivity contribution in [1.29, 1.82) is 0 Å². The molecule has 2 aliphatic rings. The molecule has 1 atom stereocenters. The number of nitrogens with zero attached hydrogens (tertiary/aromatic N) is 3. The van der Waals surface area contributed by atoms with Gasteiger partial charge < -0.3 is 25.0 Å². The van der Waals surface area contributed by atoms with Crippen LogP contribution in [0.1, 0.15) is 19.8 Å². The summed E-state index contributed by atoms with van der Waals surface area (Å²) >= 11 is 0. The quantitative estimate of drug-likeness (QED) is 0.279. The lowest BCUT2D eigenvalue weighted by Crippen LogP contribution is -2.45. The van der Waals surface area contributed by atoms with Gasteiger partial charge in [-0.2, -0.15) is 0 Å². The molecule has 0 bridgehead atoms. The summed E-state index contributed by atoms with van der Waals surface area (Å²) in [5.41, 5.74) is 1.07. The molecule has 2 N–H and O–H groups in total. The van der Waals surface area contributed by atoms with E-state index in [2.05, 4.69) is 20.5 Å². The van der Waals surface area contributed by atoms with E-state index in [4.69, 9.17) is 9.47 Å². The van der Waals surface area contributed by atoms with Gasteiger partial charge in [0.1, 0.15) is 11.5 Å². The maximum absolute atomic E-state index is 11.9. The SMILES string of the molecule is CCNC(=NCCN1CCCS1(=O)=O)NC1CCN(c2cc(OC)cc(OC)c2)C1.I. The van der Waals surface area contributed by atoms with E-state index in [1.165, 1.54) is 4.31 Å². The van der Waals surface area contributed by atoms with Crippen molar-refractivity contribution in [2.24, 2.45) is 4.99 Å². The lowest BCUT2D eigenvalue weighted by Gasteiger charge is -2.21. The van der Waals surface area contributed by atoms with Gasteiger partial charge in [0.15, 0.2) is 5.96 Å². The summed E-state index contributed by atoms with van der Waals surface area (Å²) in [6.07, 6.45) is 1.68. The summed E-state index contributed by atoms with van der Waals surface area (Å²) in [4.78, 5) is 6.88. The van der Waals surface area contributed by atoms with Crippen molar-refractivity contribution in [3.05, 3.63) is 18.2 Å². The van der Waals surface area contributed by atoms with E-state index in [1.807, 2.05) is 25.1 Å². The first-order chi connectivity index (χ1) is 14.4. The Kier molecular flexibility index (Phi) is 9.94. The molecule has 0 saturated carbocycles. The highest BCUT2D eigenvalue weighted by Crippen LogP contribution is 2.30. The van der Waals surface area contributed by atoms with E-state index in [-0.39, 0.29) is 35.8 Å². The van der Waals surface area contributed by atoms with Crippen LogP contribution in [0.4, 0.5) is 5.69 Å². The Morgan fingerprint density at radius 3 is 2.48 bits per heavy atom. The van der Waals surface area contributed by atoms with Crippen LogP contribution in [0.25, 0.3) is 0 Å². The van der Waals surface area contributed by atoms with Gasteiger partial charge in [0.25, 0.3) is 0 Å². The molecule has 0 aromatic heterocycles. The highest BCUT2D eigenvalue weighted by atomic mass is 127. The van der Waals surface area contributed by atoms with Crippen LogP contribution in [-0.4, -0.2) is 84.0 Å². The van der Waals surface area contributed by atoms with Crippen molar-refractivity contribution >= 4 is 45.6 Å². The zero-order valence-electron chi connectivity index (χ0n) is 18.5. The van der Waals surface area contributed by atoms with Gasteiger partial charge in [-0.25, -0.2) is 12.7 Å². The average molecular weight is 567 g/mol. The summed E-state index contributed by atoms with van der Waals surface area (Å²) in [6.45, 7) is 5.99. The van der Waals surface area contributed by atoms with Crippen LogP contribution in [-0.2, 0) is 10.0 Å². The normalized spacial score (nSPS) is 20.9. The van der Waals surface area contributed by atoms with Crippen LogP contribution in [0.3, 0.4) is 0 Å². The lowest BCUT2D eigenvalue weighted by atomic mass is 10.2. The Labute approximate surface area is 202 Å². The van der Waals surface area contributed by atoms with E-state index >= 15 is 0 Å². The minimum absolute atomic E-state index is 0. The molecule has 0 spiro atoms. The zero-order valence-corrected chi connectivity index (χ0v) is 21.6. The molecule has 1 aromatic carbocycles. The van der Waals surface area contributed by atoms with Gasteiger partial charge in [0.2, 0.25) is 10.0 Å². The van der Waals surface area contributed by atoms with E-state index in [0.29, 0.717) is 26.1 Å². The Bertz CT molecular complexity index is 830. The smallest absolute Gasteiger partial charge is 0.214 e. The third-order valence-electron chi connectivity index (χ3n) is 5.40. The molecule has 0 radical (unpaired) electrons. The number of hydrogen-bond donors (Lipinski definition) is 2. The fourth-order valence-electron chi connectivity index (χ4n) is 3.82. The standard InChI is InChI=1S/C20H33N5O4S.HI/c1-4-21-20(22-7-10-25-8-5-11-30(25,26)27)23-16-6-9-24(15-16)17-12-18(28-2)14-19(13-17)29-3;/h12-14,16H,4-11,15H2,1-3H3,(H2,21,22,23);1H. The molecule has 2 saturated heterocycles. The Balaban J connectivity index is 0.00000341. The van der Waals surface area contributed by atoms with Crippen LogP contribution >= 0.6 is 24.0 Å². The fraction of sp³-hybridized carbons (Fsp3) is 0.650. The number of halogens is 1. The maximum atomic E-state index is 11.9. The van der Waals surface area contributed by atoms with E-state index < -0.39 is 10.0 Å². The molecule has 11 heteroatoms. The number of hydrogen-bond acceptors (Lipinski definition) is 6. The second kappa shape index (κ2) is 12.0. The maximum Gasteiger partial charge on any atom is 0.214 e. The monoisotopic (exact) mass is 567 g/mol. The predicted octanol–water partition coefficient (Wildman–Crippen LogP) is 1.49. The number of sulfonamides is 1. The number of benzene rings is 1. The molecule has 176 valence electrons. The van der Waals surface area contributed by atoms with Crippen molar-refractivity contribution in [3.63, 3.8) is 0 Å². The van der Waals surface area contributed by atoms with Gasteiger partial charge in [-0.3, -0.25) is 4.99 Å². The second-order valence-electron chi connectivity index (χ2n) is 7.48. The first kappa shape index (κ1) is 25.8. The molecule has 9 nitrogen and oxygen atoms in total. The van der Waals surface area contributed by atoms with Gasteiger partial charge in [0, 0.05) is 62.7 Å². The molecule has 31 heavy (non-hydrogen) atoms. The molecule has 1 aromatic rings. The summed E-state index contributed by atoms with van der Waals surface area (Å²) in [5.74, 6) is 2.52. The number of ether oxygens (including phenoxy) is 2. The third kappa shape index (κ3) is 7.01. The van der Waals surface area contributed by atoms with Crippen molar-refractivity contribution in [3.8, 4) is 11.5 Å². The summed E-state index contributed by atoms with van der Waals surface area (Å²) in [5, 5.41) is 6.75. The summed E-state index contributed by atoms with van der Waals surface area (Å²) in [6, 6.07) is 6.14. The number of rotatable bonds is 8. The van der Waals surface area contributed by atoms with Crippen LogP contribution < -0.4 is 25.0 Å². The third-order valence-corrected chi connectivity index (χ3v) is 7.35. The molecular formula is C20H34IN5O4S. The molecule has 2 heterocycles. The number of guanidine groups is 1. The topological polar surface area (TPSA) is 95.5 Å². The molecule has 0 amide bonds. The summed E-state index contributed by atoms with van der Waals surface area (Å²) in [7, 11) is 0.231. The predicted molar refractivity (Wildman–Crippen MR) is 135 cm³/mol. The van der Waals surface area contributed by atoms with E-state index in [9.17, 15) is 8.42 Å². The number of aliphatic imine (C=N–C) groups is 1. The fourth-order valence-corrected chi connectivity index (χ4v) is 5.34. The van der Waals surface area contributed by atoms with Crippen molar-refractivity contribution < 1.29 is 17.9 Å². The van der Waals surface area contributed by atoms with Crippen molar-refractivity contribution in [1.82, 2.24) is 14.9 Å². The molecule has 2 fully saturated rings. The highest BCUT2D eigenvalue weighted by molar-refractivity contribution is 14.0. The minimum atomic E-state index is -3.07. The van der Waals surface area contributed by atoms with Gasteiger partial charge in [-0.1, -0.05) is 0 Å². The number of nitrogens with one attached hydrogen (secondary N) is 2. The molecule has 3 rings (SSSR count). The van der Waals surface area contributed by atoms with Gasteiger partial charge in [0.05, 0.1) is 26.5 Å². The molecular weight excluding hydrogens is 533 g/mol. The van der Waals surface area contributed by atoms with Gasteiger partial charge >= 0.3 is 0 Å². The zero-order chi connectivity index (χ0) is 21.6. The Morgan fingerprint density at radius 1 is 1.19 bits per heavy atom. The highest BCUT2D eigenvalue weighted by Gasteiger charge is 2.28. The number of anilines is 1. The lowest BCUT2D eigenvalue weighted by molar-refractivity contribution is 0.394. The van der Waals surface area contributed by atoms with Crippen molar-refractivity contribution in [2.75, 3.05) is 64.1 Å².